The SMILES string of the molecule is CC(=O)N(C)c1cnn(C(=O)N2CCN(Cc3ccc(C(F)(F)F)cc3N3CCCC3)CC2)c1. The summed E-state index contributed by atoms with van der Waals surface area (Å²) in [7, 11) is 1.62. The van der Waals surface area contributed by atoms with Gasteiger partial charge in [-0.1, -0.05) is 6.07 Å². The van der Waals surface area contributed by atoms with E-state index in [-0.39, 0.29) is 11.9 Å². The van der Waals surface area contributed by atoms with Crippen molar-refractivity contribution in [1.29, 1.82) is 0 Å². The van der Waals surface area contributed by atoms with Crippen molar-refractivity contribution in [1.82, 2.24) is 19.6 Å². The first-order valence-electron chi connectivity index (χ1n) is 11.4. The summed E-state index contributed by atoms with van der Waals surface area (Å²) < 4.78 is 41.1. The summed E-state index contributed by atoms with van der Waals surface area (Å²) in [5.41, 5.74) is 1.45. The van der Waals surface area contributed by atoms with Crippen LogP contribution in [0.2, 0.25) is 0 Å². The summed E-state index contributed by atoms with van der Waals surface area (Å²) in [6.07, 6.45) is 0.590. The number of nitrogens with zero attached hydrogens (tertiary/aromatic N) is 6. The van der Waals surface area contributed by atoms with Gasteiger partial charge in [0.2, 0.25) is 5.91 Å². The Balaban J connectivity index is 1.40. The van der Waals surface area contributed by atoms with Crippen molar-refractivity contribution in [3.05, 3.63) is 41.7 Å². The van der Waals surface area contributed by atoms with Gasteiger partial charge in [-0.3, -0.25) is 9.69 Å². The first-order chi connectivity index (χ1) is 16.1. The Kier molecular flexibility index (Phi) is 6.83. The molecule has 2 aromatic rings. The molecular weight excluding hydrogens is 449 g/mol. The number of benzene rings is 1. The molecule has 184 valence electrons. The van der Waals surface area contributed by atoms with Gasteiger partial charge in [-0.2, -0.15) is 23.0 Å². The van der Waals surface area contributed by atoms with Crippen LogP contribution >= 0.6 is 0 Å². The second-order valence-electron chi connectivity index (χ2n) is 8.80. The highest BCUT2D eigenvalue weighted by molar-refractivity contribution is 5.91. The average Bonchev–Trinajstić information content (AvgIpc) is 3.51. The van der Waals surface area contributed by atoms with Crippen molar-refractivity contribution in [2.24, 2.45) is 0 Å². The van der Waals surface area contributed by atoms with E-state index in [1.807, 2.05) is 4.90 Å². The molecule has 0 spiro atoms. The van der Waals surface area contributed by atoms with Crippen molar-refractivity contribution in [2.45, 2.75) is 32.5 Å². The van der Waals surface area contributed by atoms with Crippen LogP contribution in [-0.2, 0) is 17.5 Å². The molecule has 0 atom stereocenters. The molecule has 2 aliphatic rings. The number of halogens is 3. The highest BCUT2D eigenvalue weighted by Gasteiger charge is 2.32. The summed E-state index contributed by atoms with van der Waals surface area (Å²) in [5, 5.41) is 4.09. The molecule has 2 fully saturated rings. The maximum Gasteiger partial charge on any atom is 0.416 e. The van der Waals surface area contributed by atoms with E-state index in [1.165, 1.54) is 35.0 Å². The van der Waals surface area contributed by atoms with Gasteiger partial charge >= 0.3 is 12.2 Å². The summed E-state index contributed by atoms with van der Waals surface area (Å²) in [4.78, 5) is 31.6. The third-order valence-electron chi connectivity index (χ3n) is 6.52. The number of rotatable bonds is 4. The van der Waals surface area contributed by atoms with Crippen LogP contribution in [-0.4, -0.2) is 77.8 Å². The molecule has 0 unspecified atom stereocenters. The third-order valence-corrected chi connectivity index (χ3v) is 6.52. The predicted octanol–water partition coefficient (Wildman–Crippen LogP) is 3.27. The van der Waals surface area contributed by atoms with Crippen LogP contribution in [0.3, 0.4) is 0 Å². The Morgan fingerprint density at radius 2 is 1.74 bits per heavy atom. The lowest BCUT2D eigenvalue weighted by Gasteiger charge is -2.35. The fourth-order valence-electron chi connectivity index (χ4n) is 4.38. The lowest BCUT2D eigenvalue weighted by molar-refractivity contribution is -0.137. The molecule has 0 N–H and O–H groups in total. The quantitative estimate of drug-likeness (QED) is 0.675. The summed E-state index contributed by atoms with van der Waals surface area (Å²) in [5.74, 6) is -0.155. The standard InChI is InChI=1S/C23H29F3N6O2/c1-17(33)28(2)20-14-27-32(16-20)22(34)31-11-9-29(10-12-31)15-18-5-6-19(23(24,25)26)13-21(18)30-7-3-4-8-30/h5-6,13-14,16H,3-4,7-12,15H2,1-2H3. The van der Waals surface area contributed by atoms with Gasteiger partial charge < -0.3 is 14.7 Å². The Morgan fingerprint density at radius 3 is 2.35 bits per heavy atom. The first-order valence-corrected chi connectivity index (χ1v) is 11.4. The van der Waals surface area contributed by atoms with E-state index in [0.717, 1.165) is 37.6 Å². The number of piperazine rings is 1. The summed E-state index contributed by atoms with van der Waals surface area (Å²) in [6, 6.07) is 3.75. The van der Waals surface area contributed by atoms with E-state index in [9.17, 15) is 22.8 Å². The normalized spacial score (nSPS) is 17.3. The zero-order chi connectivity index (χ0) is 24.5. The minimum atomic E-state index is -4.37. The number of aromatic nitrogens is 2. The van der Waals surface area contributed by atoms with E-state index < -0.39 is 11.7 Å². The fraction of sp³-hybridized carbons (Fsp3) is 0.522. The van der Waals surface area contributed by atoms with Gasteiger partial charge in [0.15, 0.2) is 0 Å². The molecule has 1 aromatic carbocycles. The largest absolute Gasteiger partial charge is 0.416 e. The average molecular weight is 479 g/mol. The van der Waals surface area contributed by atoms with Crippen molar-refractivity contribution >= 4 is 23.3 Å². The molecule has 4 rings (SSSR count). The van der Waals surface area contributed by atoms with Crippen molar-refractivity contribution < 1.29 is 22.8 Å². The Hall–Kier alpha value is -3.08. The lowest BCUT2D eigenvalue weighted by atomic mass is 10.1. The fourth-order valence-corrected chi connectivity index (χ4v) is 4.38. The number of hydrogen-bond donors (Lipinski definition) is 0. The molecule has 0 radical (unpaired) electrons. The number of alkyl halides is 3. The molecule has 2 saturated heterocycles. The minimum absolute atomic E-state index is 0.155. The van der Waals surface area contributed by atoms with Gasteiger partial charge in [0.05, 0.1) is 23.6 Å². The van der Waals surface area contributed by atoms with Crippen LogP contribution in [0.25, 0.3) is 0 Å². The second kappa shape index (κ2) is 9.65. The summed E-state index contributed by atoms with van der Waals surface area (Å²) >= 11 is 0. The second-order valence-corrected chi connectivity index (χ2v) is 8.80. The van der Waals surface area contributed by atoms with Gasteiger partial charge in [-0.05, 0) is 30.5 Å². The van der Waals surface area contributed by atoms with Gasteiger partial charge in [0, 0.05) is 65.5 Å². The van der Waals surface area contributed by atoms with E-state index in [2.05, 4.69) is 10.00 Å². The number of carbonyl (C=O) groups excluding carboxylic acids is 2. The van der Waals surface area contributed by atoms with Crippen molar-refractivity contribution in [3.63, 3.8) is 0 Å². The zero-order valence-corrected chi connectivity index (χ0v) is 19.4. The molecule has 2 amide bonds. The number of amides is 2. The lowest BCUT2D eigenvalue weighted by Crippen LogP contribution is -2.49. The molecule has 1 aromatic heterocycles. The maximum atomic E-state index is 13.3. The van der Waals surface area contributed by atoms with Crippen LogP contribution < -0.4 is 9.80 Å². The number of carbonyl (C=O) groups is 2. The first kappa shape index (κ1) is 24.1. The topological polar surface area (TPSA) is 64.9 Å². The van der Waals surface area contributed by atoms with Crippen molar-refractivity contribution in [2.75, 3.05) is 56.1 Å². The smallest absolute Gasteiger partial charge is 0.371 e. The Morgan fingerprint density at radius 1 is 1.06 bits per heavy atom. The molecule has 11 heteroatoms. The van der Waals surface area contributed by atoms with E-state index in [1.54, 1.807) is 18.0 Å². The van der Waals surface area contributed by atoms with E-state index in [0.29, 0.717) is 44.1 Å². The van der Waals surface area contributed by atoms with Gasteiger partial charge in [0.25, 0.3) is 0 Å². The third kappa shape index (κ3) is 5.19. The Bertz CT molecular complexity index is 1040. The van der Waals surface area contributed by atoms with Crippen LogP contribution in [0.1, 0.15) is 30.9 Å². The highest BCUT2D eigenvalue weighted by atomic mass is 19.4. The van der Waals surface area contributed by atoms with Gasteiger partial charge in [-0.25, -0.2) is 4.79 Å². The number of anilines is 2. The molecule has 0 saturated carbocycles. The molecule has 0 bridgehead atoms. The zero-order valence-electron chi connectivity index (χ0n) is 19.4. The minimum Gasteiger partial charge on any atom is -0.371 e. The Labute approximate surface area is 196 Å². The molecule has 2 aliphatic heterocycles. The maximum absolute atomic E-state index is 13.3. The molecule has 34 heavy (non-hydrogen) atoms. The van der Waals surface area contributed by atoms with E-state index in [4.69, 9.17) is 0 Å². The van der Waals surface area contributed by atoms with E-state index >= 15 is 0 Å². The number of hydrogen-bond acceptors (Lipinski definition) is 5. The summed E-state index contributed by atoms with van der Waals surface area (Å²) in [6.45, 7) is 5.67. The molecular formula is C23H29F3N6O2. The van der Waals surface area contributed by atoms with Crippen LogP contribution in [0.4, 0.5) is 29.3 Å². The van der Waals surface area contributed by atoms with Crippen LogP contribution in [0.5, 0.6) is 0 Å². The van der Waals surface area contributed by atoms with Crippen LogP contribution in [0.15, 0.2) is 30.6 Å². The molecule has 8 nitrogen and oxygen atoms in total. The molecule has 3 heterocycles. The van der Waals surface area contributed by atoms with Crippen molar-refractivity contribution in [3.8, 4) is 0 Å². The highest BCUT2D eigenvalue weighted by Crippen LogP contribution is 2.35. The monoisotopic (exact) mass is 478 g/mol. The van der Waals surface area contributed by atoms with Gasteiger partial charge in [-0.15, -0.1) is 0 Å². The van der Waals surface area contributed by atoms with Gasteiger partial charge in [0.1, 0.15) is 0 Å². The van der Waals surface area contributed by atoms with Crippen LogP contribution in [0, 0.1) is 0 Å². The predicted molar refractivity (Wildman–Crippen MR) is 122 cm³/mol. The molecule has 0 aliphatic carbocycles.